The van der Waals surface area contributed by atoms with E-state index in [0.29, 0.717) is 16.6 Å². The highest BCUT2D eigenvalue weighted by Gasteiger charge is 2.13. The van der Waals surface area contributed by atoms with Gasteiger partial charge >= 0.3 is 0 Å². The number of hydrogen-bond donors (Lipinski definition) is 1. The van der Waals surface area contributed by atoms with Crippen molar-refractivity contribution >= 4 is 34.1 Å². The second-order valence-electron chi connectivity index (χ2n) is 4.85. The third-order valence-electron chi connectivity index (χ3n) is 3.42. The summed E-state index contributed by atoms with van der Waals surface area (Å²) >= 11 is 12.5. The third kappa shape index (κ3) is 3.07. The summed E-state index contributed by atoms with van der Waals surface area (Å²) in [5, 5.41) is 2.49. The van der Waals surface area contributed by atoms with Crippen molar-refractivity contribution in [2.24, 2.45) is 5.73 Å². The lowest BCUT2D eigenvalue weighted by Gasteiger charge is -2.06. The molecule has 0 atom stereocenters. The number of halogens is 2. The van der Waals surface area contributed by atoms with Crippen molar-refractivity contribution in [2.45, 2.75) is 39.2 Å². The van der Waals surface area contributed by atoms with Crippen LogP contribution in [0.3, 0.4) is 0 Å². The summed E-state index contributed by atoms with van der Waals surface area (Å²) in [6.45, 7) is 3.78. The van der Waals surface area contributed by atoms with Crippen LogP contribution in [0, 0.1) is 0 Å². The van der Waals surface area contributed by atoms with Gasteiger partial charge in [-0.3, -0.25) is 0 Å². The van der Waals surface area contributed by atoms with Crippen LogP contribution in [0.5, 0.6) is 0 Å². The van der Waals surface area contributed by atoms with Crippen LogP contribution in [-0.4, -0.2) is 11.1 Å². The van der Waals surface area contributed by atoms with Gasteiger partial charge in [0.2, 0.25) is 0 Å². The van der Waals surface area contributed by atoms with Gasteiger partial charge in [-0.1, -0.05) is 42.6 Å². The van der Waals surface area contributed by atoms with Crippen LogP contribution < -0.4 is 5.73 Å². The summed E-state index contributed by atoms with van der Waals surface area (Å²) in [6, 6.07) is 3.96. The Hall–Kier alpha value is -0.700. The van der Waals surface area contributed by atoms with E-state index in [9.17, 15) is 0 Å². The molecule has 19 heavy (non-hydrogen) atoms. The van der Waals surface area contributed by atoms with Gasteiger partial charge in [-0.15, -0.1) is 0 Å². The summed E-state index contributed by atoms with van der Waals surface area (Å²) in [5.41, 5.74) is 8.01. The average Bonchev–Trinajstić information content (AvgIpc) is 2.77. The molecule has 0 saturated carbocycles. The first-order chi connectivity index (χ1) is 9.19. The number of benzene rings is 1. The van der Waals surface area contributed by atoms with Gasteiger partial charge in [0.05, 0.1) is 15.6 Å². The normalized spacial score (nSPS) is 11.4. The van der Waals surface area contributed by atoms with Gasteiger partial charge in [0.25, 0.3) is 0 Å². The molecule has 1 heterocycles. The molecular weight excluding hydrogens is 279 g/mol. The predicted molar refractivity (Wildman–Crippen MR) is 84.2 cm³/mol. The van der Waals surface area contributed by atoms with E-state index in [1.165, 1.54) is 23.8 Å². The largest absolute Gasteiger partial charge is 0.346 e. The Morgan fingerprint density at radius 2 is 2.00 bits per heavy atom. The zero-order valence-corrected chi connectivity index (χ0v) is 12.8. The molecule has 4 heteroatoms. The standard InChI is InChI=1S/C15H20Cl2N2/c1-2-3-5-11-10-19(9-4-8-18)15-12(11)6-7-13(16)14(15)17/h6-7,10H,2-5,8-9,18H2,1H3. The van der Waals surface area contributed by atoms with Gasteiger partial charge in [0.15, 0.2) is 0 Å². The van der Waals surface area contributed by atoms with E-state index in [2.05, 4.69) is 23.8 Å². The molecule has 0 fully saturated rings. The van der Waals surface area contributed by atoms with Gasteiger partial charge in [-0.25, -0.2) is 0 Å². The van der Waals surface area contributed by atoms with Crippen molar-refractivity contribution < 1.29 is 0 Å². The topological polar surface area (TPSA) is 30.9 Å². The summed E-state index contributed by atoms with van der Waals surface area (Å²) in [5.74, 6) is 0. The Balaban J connectivity index is 2.49. The number of aryl methyl sites for hydroxylation is 2. The van der Waals surface area contributed by atoms with Crippen molar-refractivity contribution in [3.8, 4) is 0 Å². The second kappa shape index (κ2) is 6.65. The SMILES string of the molecule is CCCCc1cn(CCCN)c2c(Cl)c(Cl)ccc12. The highest BCUT2D eigenvalue weighted by molar-refractivity contribution is 6.45. The monoisotopic (exact) mass is 298 g/mol. The number of rotatable bonds is 6. The fraction of sp³-hybridized carbons (Fsp3) is 0.467. The molecule has 0 bridgehead atoms. The molecule has 2 rings (SSSR count). The minimum absolute atomic E-state index is 0.614. The van der Waals surface area contributed by atoms with E-state index in [-0.39, 0.29) is 0 Å². The first kappa shape index (κ1) is 14.7. The van der Waals surface area contributed by atoms with Gasteiger partial charge in [-0.2, -0.15) is 0 Å². The lowest BCUT2D eigenvalue weighted by Crippen LogP contribution is -2.05. The first-order valence-corrected chi connectivity index (χ1v) is 7.60. The Labute approximate surface area is 124 Å². The number of nitrogens with zero attached hydrogens (tertiary/aromatic N) is 1. The highest BCUT2D eigenvalue weighted by atomic mass is 35.5. The molecule has 104 valence electrons. The summed E-state index contributed by atoms with van der Waals surface area (Å²) in [6.07, 6.45) is 6.62. The smallest absolute Gasteiger partial charge is 0.0835 e. The number of aromatic nitrogens is 1. The van der Waals surface area contributed by atoms with Gasteiger partial charge in [-0.05, 0) is 37.4 Å². The molecule has 2 aromatic rings. The van der Waals surface area contributed by atoms with Crippen LogP contribution in [0.1, 0.15) is 31.7 Å². The molecular formula is C15H20Cl2N2. The van der Waals surface area contributed by atoms with Crippen LogP contribution in [0.25, 0.3) is 10.9 Å². The molecule has 2 nitrogen and oxygen atoms in total. The first-order valence-electron chi connectivity index (χ1n) is 6.84. The van der Waals surface area contributed by atoms with E-state index in [1.54, 1.807) is 0 Å². The Kier molecular flexibility index (Phi) is 5.14. The van der Waals surface area contributed by atoms with Gasteiger partial charge < -0.3 is 10.3 Å². The van der Waals surface area contributed by atoms with Crippen molar-refractivity contribution in [3.63, 3.8) is 0 Å². The van der Waals surface area contributed by atoms with Gasteiger partial charge in [0, 0.05) is 18.1 Å². The molecule has 2 N–H and O–H groups in total. The van der Waals surface area contributed by atoms with E-state index in [1.807, 2.05) is 6.07 Å². The van der Waals surface area contributed by atoms with Crippen molar-refractivity contribution in [1.82, 2.24) is 4.57 Å². The van der Waals surface area contributed by atoms with E-state index in [0.717, 1.165) is 24.9 Å². The average molecular weight is 299 g/mol. The zero-order chi connectivity index (χ0) is 13.8. The Morgan fingerprint density at radius 1 is 1.21 bits per heavy atom. The number of fused-ring (bicyclic) bond motifs is 1. The van der Waals surface area contributed by atoms with E-state index >= 15 is 0 Å². The lowest BCUT2D eigenvalue weighted by molar-refractivity contribution is 0.667. The molecule has 1 aromatic carbocycles. The minimum Gasteiger partial charge on any atom is -0.346 e. The maximum absolute atomic E-state index is 6.37. The molecule has 0 aliphatic carbocycles. The van der Waals surface area contributed by atoms with Gasteiger partial charge in [0.1, 0.15) is 0 Å². The molecule has 0 aliphatic heterocycles. The summed E-state index contributed by atoms with van der Waals surface area (Å²) in [7, 11) is 0. The van der Waals surface area contributed by atoms with Crippen molar-refractivity contribution in [3.05, 3.63) is 33.9 Å². The van der Waals surface area contributed by atoms with Crippen molar-refractivity contribution in [1.29, 1.82) is 0 Å². The zero-order valence-electron chi connectivity index (χ0n) is 11.3. The maximum Gasteiger partial charge on any atom is 0.0835 e. The highest BCUT2D eigenvalue weighted by Crippen LogP contribution is 2.34. The summed E-state index contributed by atoms with van der Waals surface area (Å²) in [4.78, 5) is 0. The lowest BCUT2D eigenvalue weighted by atomic mass is 10.1. The molecule has 0 spiro atoms. The van der Waals surface area contributed by atoms with Crippen LogP contribution in [0.4, 0.5) is 0 Å². The number of hydrogen-bond acceptors (Lipinski definition) is 1. The second-order valence-corrected chi connectivity index (χ2v) is 5.64. The predicted octanol–water partition coefficient (Wildman–Crippen LogP) is 4.64. The van der Waals surface area contributed by atoms with Crippen LogP contribution >= 0.6 is 23.2 Å². The molecule has 1 aromatic heterocycles. The number of unbranched alkanes of at least 4 members (excludes halogenated alkanes) is 1. The fourth-order valence-electron chi connectivity index (χ4n) is 2.41. The van der Waals surface area contributed by atoms with E-state index < -0.39 is 0 Å². The van der Waals surface area contributed by atoms with E-state index in [4.69, 9.17) is 28.9 Å². The minimum atomic E-state index is 0.614. The molecule has 0 unspecified atom stereocenters. The molecule has 0 aliphatic rings. The van der Waals surface area contributed by atoms with Crippen LogP contribution in [0.2, 0.25) is 10.0 Å². The maximum atomic E-state index is 6.37. The Morgan fingerprint density at radius 3 is 2.68 bits per heavy atom. The fourth-order valence-corrected chi connectivity index (χ4v) is 2.83. The van der Waals surface area contributed by atoms with Crippen LogP contribution in [0.15, 0.2) is 18.3 Å². The third-order valence-corrected chi connectivity index (χ3v) is 4.21. The number of nitrogens with two attached hydrogens (primary N) is 1. The Bertz CT molecular complexity index is 561. The quantitative estimate of drug-likeness (QED) is 0.827. The molecule has 0 radical (unpaired) electrons. The van der Waals surface area contributed by atoms with Crippen LogP contribution in [-0.2, 0) is 13.0 Å². The molecule has 0 amide bonds. The van der Waals surface area contributed by atoms with Crippen molar-refractivity contribution in [2.75, 3.05) is 6.54 Å². The summed E-state index contributed by atoms with van der Waals surface area (Å²) < 4.78 is 2.20. The molecule has 0 saturated heterocycles.